The summed E-state index contributed by atoms with van der Waals surface area (Å²) in [5.74, 6) is 0. The number of rotatable bonds is 0. The zero-order valence-electron chi connectivity index (χ0n) is 5.78. The number of hydrogen-bond acceptors (Lipinski definition) is 1. The summed E-state index contributed by atoms with van der Waals surface area (Å²) in [6.07, 6.45) is 0. The molecule has 0 unspecified atom stereocenters. The Balaban J connectivity index is 0. The van der Waals surface area contributed by atoms with Crippen molar-refractivity contribution in [2.75, 3.05) is 21.1 Å². The molecule has 0 radical (unpaired) electrons. The molecule has 0 rings (SSSR count). The third-order valence-corrected chi connectivity index (χ3v) is 0. The molecular formula is C4H13Cl2GeN. The fraction of sp³-hybridized carbons (Fsp3) is 1.00. The van der Waals surface area contributed by atoms with Crippen LogP contribution in [0.2, 0.25) is 0 Å². The first-order chi connectivity index (χ1) is 3.46. The Bertz CT molecular complexity index is 29.5. The van der Waals surface area contributed by atoms with Crippen LogP contribution in [0.15, 0.2) is 0 Å². The monoisotopic (exact) mass is 219 g/mol. The Morgan fingerprint density at radius 2 is 1.25 bits per heavy atom. The van der Waals surface area contributed by atoms with Crippen LogP contribution in [0.25, 0.3) is 0 Å². The van der Waals surface area contributed by atoms with E-state index < -0.39 is 0 Å². The van der Waals surface area contributed by atoms with Crippen LogP contribution >= 0.6 is 23.2 Å². The SMILES string of the molecule is CN(C)C.Cl[CH](Cl)[GeH3]. The molecule has 0 spiro atoms. The molecule has 0 aromatic carbocycles. The summed E-state index contributed by atoms with van der Waals surface area (Å²) < 4.78 is -0.0347. The quantitative estimate of drug-likeness (QED) is 0.417. The van der Waals surface area contributed by atoms with E-state index in [0.717, 1.165) is 0 Å². The van der Waals surface area contributed by atoms with Gasteiger partial charge in [0.05, 0.1) is 0 Å². The van der Waals surface area contributed by atoms with Gasteiger partial charge in [0.2, 0.25) is 0 Å². The molecule has 0 amide bonds. The van der Waals surface area contributed by atoms with Crippen LogP contribution in [0.3, 0.4) is 0 Å². The van der Waals surface area contributed by atoms with Crippen molar-refractivity contribution in [2.45, 2.75) is 3.67 Å². The Kier molecular flexibility index (Phi) is 12.0. The topological polar surface area (TPSA) is 3.24 Å². The van der Waals surface area contributed by atoms with Crippen LogP contribution in [0.4, 0.5) is 0 Å². The normalized spacial score (nSPS) is 9.38. The van der Waals surface area contributed by atoms with E-state index in [1.807, 2.05) is 26.0 Å². The van der Waals surface area contributed by atoms with E-state index in [0.29, 0.717) is 16.5 Å². The summed E-state index contributed by atoms with van der Waals surface area (Å²) in [5, 5.41) is 0. The van der Waals surface area contributed by atoms with Crippen molar-refractivity contribution >= 4 is 39.7 Å². The minimum atomic E-state index is -0.0347. The Hall–Kier alpha value is 1.08. The standard InChI is InChI=1S/C3H9N.CH4Cl2Ge/c1-4(2)3;2-1(3)4/h1-3H3;1H,4H3. The van der Waals surface area contributed by atoms with E-state index >= 15 is 0 Å². The van der Waals surface area contributed by atoms with Crippen molar-refractivity contribution in [1.82, 2.24) is 4.90 Å². The van der Waals surface area contributed by atoms with Gasteiger partial charge in [-0.3, -0.25) is 0 Å². The van der Waals surface area contributed by atoms with Gasteiger partial charge in [-0.05, 0) is 21.1 Å². The fourth-order valence-corrected chi connectivity index (χ4v) is 0. The van der Waals surface area contributed by atoms with Gasteiger partial charge in [-0.25, -0.2) is 0 Å². The molecule has 0 bridgehead atoms. The van der Waals surface area contributed by atoms with Crippen LogP contribution < -0.4 is 0 Å². The van der Waals surface area contributed by atoms with Gasteiger partial charge in [0.25, 0.3) is 0 Å². The molecule has 1 nitrogen and oxygen atoms in total. The number of halogens is 2. The second kappa shape index (κ2) is 8.08. The molecule has 0 aliphatic carbocycles. The molecular weight excluding hydrogens is 206 g/mol. The molecule has 0 saturated heterocycles. The third kappa shape index (κ3) is 224. The second-order valence-corrected chi connectivity index (χ2v) is 8.89. The summed E-state index contributed by atoms with van der Waals surface area (Å²) in [4.78, 5) is 2.00. The molecule has 52 valence electrons. The first kappa shape index (κ1) is 11.8. The first-order valence-electron chi connectivity index (χ1n) is 2.36. The predicted octanol–water partition coefficient (Wildman–Crippen LogP) is 0.291. The molecule has 0 N–H and O–H groups in total. The summed E-state index contributed by atoms with van der Waals surface area (Å²) in [6.45, 7) is 0. The van der Waals surface area contributed by atoms with Crippen molar-refractivity contribution in [3.63, 3.8) is 0 Å². The second-order valence-electron chi connectivity index (χ2n) is 1.86. The van der Waals surface area contributed by atoms with Crippen molar-refractivity contribution in [3.8, 4) is 0 Å². The van der Waals surface area contributed by atoms with Gasteiger partial charge in [0.15, 0.2) is 0 Å². The van der Waals surface area contributed by atoms with Gasteiger partial charge < -0.3 is 4.90 Å². The average molecular weight is 219 g/mol. The van der Waals surface area contributed by atoms with Crippen LogP contribution in [-0.2, 0) is 0 Å². The average Bonchev–Trinajstić information content (AvgIpc) is 1.25. The third-order valence-electron chi connectivity index (χ3n) is 0. The molecule has 0 atom stereocenters. The summed E-state index contributed by atoms with van der Waals surface area (Å²) in [7, 11) is 6.00. The Labute approximate surface area is 69.6 Å². The molecule has 0 aliphatic rings. The first-order valence-corrected chi connectivity index (χ1v) is 5.65. The summed E-state index contributed by atoms with van der Waals surface area (Å²) in [5.41, 5.74) is 0. The van der Waals surface area contributed by atoms with Gasteiger partial charge in [0.1, 0.15) is 0 Å². The van der Waals surface area contributed by atoms with Gasteiger partial charge in [-0.15, -0.1) is 0 Å². The van der Waals surface area contributed by atoms with E-state index in [1.54, 1.807) is 0 Å². The van der Waals surface area contributed by atoms with E-state index in [1.165, 1.54) is 0 Å². The summed E-state index contributed by atoms with van der Waals surface area (Å²) >= 11 is 10.8. The van der Waals surface area contributed by atoms with Crippen LogP contribution in [-0.4, -0.2) is 46.2 Å². The fourth-order valence-electron chi connectivity index (χ4n) is 0. The minimum absolute atomic E-state index is 0.0347. The number of alkyl halides is 2. The van der Waals surface area contributed by atoms with Crippen LogP contribution in [0.1, 0.15) is 0 Å². The predicted molar refractivity (Wildman–Crippen MR) is 45.0 cm³/mol. The molecule has 4 heteroatoms. The van der Waals surface area contributed by atoms with Crippen LogP contribution in [0, 0.1) is 0 Å². The maximum absolute atomic E-state index is 5.12. The zero-order valence-corrected chi connectivity index (χ0v) is 11.5. The molecule has 8 heavy (non-hydrogen) atoms. The number of nitrogens with zero attached hydrogens (tertiary/aromatic N) is 1. The van der Waals surface area contributed by atoms with Crippen molar-refractivity contribution < 1.29 is 0 Å². The van der Waals surface area contributed by atoms with E-state index in [2.05, 4.69) is 0 Å². The number of hydrogen-bond donors (Lipinski definition) is 0. The van der Waals surface area contributed by atoms with Crippen LogP contribution in [0.5, 0.6) is 0 Å². The summed E-state index contributed by atoms with van der Waals surface area (Å²) in [6, 6.07) is 0. The Morgan fingerprint density at radius 3 is 1.25 bits per heavy atom. The Morgan fingerprint density at radius 1 is 1.25 bits per heavy atom. The molecule has 0 aromatic rings. The molecule has 0 aliphatic heterocycles. The molecule has 0 aromatic heterocycles. The van der Waals surface area contributed by atoms with E-state index in [4.69, 9.17) is 23.2 Å². The van der Waals surface area contributed by atoms with Gasteiger partial charge in [-0.2, -0.15) is 0 Å². The van der Waals surface area contributed by atoms with E-state index in [9.17, 15) is 0 Å². The molecule has 0 fully saturated rings. The molecule has 0 saturated carbocycles. The molecule has 0 heterocycles. The van der Waals surface area contributed by atoms with Gasteiger partial charge in [0, 0.05) is 0 Å². The van der Waals surface area contributed by atoms with Crippen molar-refractivity contribution in [3.05, 3.63) is 0 Å². The van der Waals surface area contributed by atoms with E-state index in [-0.39, 0.29) is 3.67 Å². The van der Waals surface area contributed by atoms with Gasteiger partial charge >= 0.3 is 43.4 Å². The zero-order chi connectivity index (χ0) is 7.15. The maximum atomic E-state index is 5.12. The van der Waals surface area contributed by atoms with Gasteiger partial charge in [-0.1, -0.05) is 0 Å². The van der Waals surface area contributed by atoms with Crippen molar-refractivity contribution in [1.29, 1.82) is 0 Å². The van der Waals surface area contributed by atoms with Crippen molar-refractivity contribution in [2.24, 2.45) is 0 Å².